The smallest absolute Gasteiger partial charge is 0.305 e. The summed E-state index contributed by atoms with van der Waals surface area (Å²) in [5.41, 5.74) is 8.10. The van der Waals surface area contributed by atoms with Crippen molar-refractivity contribution in [2.75, 3.05) is 7.11 Å². The molecule has 0 saturated heterocycles. The molecule has 5 nitrogen and oxygen atoms in total. The zero-order valence-electron chi connectivity index (χ0n) is 13.9. The van der Waals surface area contributed by atoms with Crippen molar-refractivity contribution in [2.45, 2.75) is 51.5 Å². The minimum Gasteiger partial charge on any atom is -0.469 e. The van der Waals surface area contributed by atoms with Crippen LogP contribution in [0.15, 0.2) is 24.3 Å². The number of nitrogens with two attached hydrogens (primary N) is 1. The Morgan fingerprint density at radius 2 is 2.00 bits per heavy atom. The maximum Gasteiger partial charge on any atom is 0.305 e. The number of esters is 1. The number of hydrogen-bond donors (Lipinski definition) is 1. The van der Waals surface area contributed by atoms with E-state index in [1.165, 1.54) is 7.11 Å². The minimum atomic E-state index is -0.145. The Labute approximate surface area is 137 Å². The van der Waals surface area contributed by atoms with Gasteiger partial charge in [-0.05, 0) is 31.7 Å². The molecule has 1 heterocycles. The molecule has 0 radical (unpaired) electrons. The number of benzene rings is 1. The monoisotopic (exact) mass is 315 g/mol. The van der Waals surface area contributed by atoms with Crippen LogP contribution in [-0.2, 0) is 16.0 Å². The van der Waals surface area contributed by atoms with Crippen LogP contribution in [-0.4, -0.2) is 23.0 Å². The lowest BCUT2D eigenvalue weighted by atomic mass is 10.1. The first-order chi connectivity index (χ1) is 11.2. The highest BCUT2D eigenvalue weighted by Crippen LogP contribution is 2.20. The predicted molar refractivity (Wildman–Crippen MR) is 90.9 cm³/mol. The van der Waals surface area contributed by atoms with Gasteiger partial charge in [0.1, 0.15) is 5.82 Å². The molecule has 2 aromatic rings. The fraction of sp³-hybridized carbons (Fsp3) is 0.500. The van der Waals surface area contributed by atoms with E-state index in [4.69, 9.17) is 10.7 Å². The first-order valence-corrected chi connectivity index (χ1v) is 8.23. The highest BCUT2D eigenvalue weighted by Gasteiger charge is 2.12. The third-order valence-electron chi connectivity index (χ3n) is 3.99. The summed E-state index contributed by atoms with van der Waals surface area (Å²) < 4.78 is 4.65. The topological polar surface area (TPSA) is 78.1 Å². The number of methoxy groups -OCH3 is 1. The number of rotatable bonds is 8. The van der Waals surface area contributed by atoms with Crippen molar-refractivity contribution in [1.82, 2.24) is 9.97 Å². The van der Waals surface area contributed by atoms with Gasteiger partial charge in [-0.1, -0.05) is 31.5 Å². The summed E-state index contributed by atoms with van der Waals surface area (Å²) in [5.74, 6) is 0.574. The zero-order valence-corrected chi connectivity index (χ0v) is 13.9. The second kappa shape index (κ2) is 8.58. The molecule has 2 N–H and O–H groups in total. The Kier molecular flexibility index (Phi) is 6.47. The van der Waals surface area contributed by atoms with Crippen LogP contribution in [0.3, 0.4) is 0 Å². The molecule has 0 spiro atoms. The first-order valence-electron chi connectivity index (χ1n) is 8.23. The Hall–Kier alpha value is -2.01. The molecule has 1 aromatic heterocycles. The summed E-state index contributed by atoms with van der Waals surface area (Å²) in [6, 6.07) is 7.92. The number of hydrogen-bond acceptors (Lipinski definition) is 5. The summed E-state index contributed by atoms with van der Waals surface area (Å²) >= 11 is 0. The quantitative estimate of drug-likeness (QED) is 0.597. The number of unbranched alkanes of at least 4 members (excludes halogenated alkanes) is 2. The highest BCUT2D eigenvalue weighted by molar-refractivity contribution is 5.80. The van der Waals surface area contributed by atoms with E-state index >= 15 is 0 Å². The Morgan fingerprint density at radius 1 is 1.22 bits per heavy atom. The second-order valence-corrected chi connectivity index (χ2v) is 5.70. The number of ether oxygens (including phenoxy) is 1. The third-order valence-corrected chi connectivity index (χ3v) is 3.99. The highest BCUT2D eigenvalue weighted by atomic mass is 16.5. The number of aryl methyl sites for hydroxylation is 1. The van der Waals surface area contributed by atoms with Crippen LogP contribution in [0.25, 0.3) is 10.9 Å². The number of fused-ring (bicyclic) bond motifs is 1. The normalized spacial score (nSPS) is 12.3. The standard InChI is InChI=1S/C18H25N3O2/c1-3-14(19)18-20-15(10-5-4-6-12-17(22)23-2)13-9-7-8-11-16(13)21-18/h7-9,11,14H,3-6,10,12,19H2,1-2H3/t14-/m0/s1. The van der Waals surface area contributed by atoms with Gasteiger partial charge in [0.15, 0.2) is 0 Å². The average Bonchev–Trinajstić information content (AvgIpc) is 2.60. The molecule has 0 aliphatic carbocycles. The van der Waals surface area contributed by atoms with E-state index < -0.39 is 0 Å². The number of carbonyl (C=O) groups excluding carboxylic acids is 1. The van der Waals surface area contributed by atoms with E-state index in [1.54, 1.807) is 0 Å². The molecule has 124 valence electrons. The SMILES string of the molecule is CC[C@H](N)c1nc(CCCCCC(=O)OC)c2ccccc2n1. The molecule has 0 amide bonds. The Morgan fingerprint density at radius 3 is 2.74 bits per heavy atom. The molecule has 0 bridgehead atoms. The average molecular weight is 315 g/mol. The van der Waals surface area contributed by atoms with Crippen LogP contribution in [0.5, 0.6) is 0 Å². The molecule has 2 rings (SSSR count). The predicted octanol–water partition coefficient (Wildman–Crippen LogP) is 3.32. The van der Waals surface area contributed by atoms with Gasteiger partial charge in [0, 0.05) is 11.8 Å². The van der Waals surface area contributed by atoms with Gasteiger partial charge in [0.2, 0.25) is 0 Å². The molecule has 0 unspecified atom stereocenters. The van der Waals surface area contributed by atoms with Gasteiger partial charge in [-0.15, -0.1) is 0 Å². The van der Waals surface area contributed by atoms with E-state index in [2.05, 4.69) is 15.8 Å². The molecular weight excluding hydrogens is 290 g/mol. The van der Waals surface area contributed by atoms with E-state index in [0.717, 1.165) is 54.5 Å². The summed E-state index contributed by atoms with van der Waals surface area (Å²) in [6.07, 6.45) is 4.97. The van der Waals surface area contributed by atoms with Crippen molar-refractivity contribution < 1.29 is 9.53 Å². The van der Waals surface area contributed by atoms with Gasteiger partial charge in [0.05, 0.1) is 24.4 Å². The fourth-order valence-corrected chi connectivity index (χ4v) is 2.54. The molecular formula is C18H25N3O2. The van der Waals surface area contributed by atoms with Crippen LogP contribution < -0.4 is 5.73 Å². The van der Waals surface area contributed by atoms with Crippen LogP contribution in [0, 0.1) is 0 Å². The molecule has 23 heavy (non-hydrogen) atoms. The first kappa shape index (κ1) is 17.3. The minimum absolute atomic E-state index is 0.127. The number of nitrogens with zero attached hydrogens (tertiary/aromatic N) is 2. The largest absolute Gasteiger partial charge is 0.469 e. The lowest BCUT2D eigenvalue weighted by Crippen LogP contribution is -2.14. The Bertz CT molecular complexity index is 658. The van der Waals surface area contributed by atoms with Gasteiger partial charge in [0.25, 0.3) is 0 Å². The summed E-state index contributed by atoms with van der Waals surface area (Å²) in [4.78, 5) is 20.4. The zero-order chi connectivity index (χ0) is 16.7. The third kappa shape index (κ3) is 4.73. The van der Waals surface area contributed by atoms with Gasteiger partial charge < -0.3 is 10.5 Å². The molecule has 0 aliphatic rings. The van der Waals surface area contributed by atoms with Crippen LogP contribution in [0.2, 0.25) is 0 Å². The van der Waals surface area contributed by atoms with Crippen molar-refractivity contribution in [3.05, 3.63) is 35.8 Å². The molecule has 0 aliphatic heterocycles. The lowest BCUT2D eigenvalue weighted by molar-refractivity contribution is -0.140. The fourth-order valence-electron chi connectivity index (χ4n) is 2.54. The summed E-state index contributed by atoms with van der Waals surface area (Å²) in [5, 5.41) is 1.09. The molecule has 0 saturated carbocycles. The maximum atomic E-state index is 11.1. The van der Waals surface area contributed by atoms with Crippen LogP contribution >= 0.6 is 0 Å². The van der Waals surface area contributed by atoms with Crippen molar-refractivity contribution in [1.29, 1.82) is 0 Å². The molecule has 0 fully saturated rings. The van der Waals surface area contributed by atoms with Crippen molar-refractivity contribution in [2.24, 2.45) is 5.73 Å². The van der Waals surface area contributed by atoms with Crippen molar-refractivity contribution >= 4 is 16.9 Å². The molecule has 1 atom stereocenters. The summed E-state index contributed by atoms with van der Waals surface area (Å²) in [7, 11) is 1.42. The van der Waals surface area contributed by atoms with E-state index in [1.807, 2.05) is 25.1 Å². The van der Waals surface area contributed by atoms with Crippen molar-refractivity contribution in [3.63, 3.8) is 0 Å². The number of aromatic nitrogens is 2. The molecule has 1 aromatic carbocycles. The molecule has 5 heteroatoms. The lowest BCUT2D eigenvalue weighted by Gasteiger charge is -2.12. The van der Waals surface area contributed by atoms with E-state index in [9.17, 15) is 4.79 Å². The Balaban J connectivity index is 2.07. The van der Waals surface area contributed by atoms with Gasteiger partial charge in [-0.3, -0.25) is 4.79 Å². The van der Waals surface area contributed by atoms with Gasteiger partial charge in [-0.25, -0.2) is 9.97 Å². The van der Waals surface area contributed by atoms with Crippen LogP contribution in [0.1, 0.15) is 56.6 Å². The van der Waals surface area contributed by atoms with E-state index in [0.29, 0.717) is 6.42 Å². The number of carbonyl (C=O) groups is 1. The van der Waals surface area contributed by atoms with Crippen LogP contribution in [0.4, 0.5) is 0 Å². The maximum absolute atomic E-state index is 11.1. The summed E-state index contributed by atoms with van der Waals surface area (Å²) in [6.45, 7) is 2.04. The second-order valence-electron chi connectivity index (χ2n) is 5.70. The van der Waals surface area contributed by atoms with Crippen molar-refractivity contribution in [3.8, 4) is 0 Å². The van der Waals surface area contributed by atoms with E-state index in [-0.39, 0.29) is 12.0 Å². The number of para-hydroxylation sites is 1. The van der Waals surface area contributed by atoms with Gasteiger partial charge >= 0.3 is 5.97 Å². The van der Waals surface area contributed by atoms with Gasteiger partial charge in [-0.2, -0.15) is 0 Å².